The van der Waals surface area contributed by atoms with Gasteiger partial charge in [0.2, 0.25) is 5.91 Å². The summed E-state index contributed by atoms with van der Waals surface area (Å²) in [5, 5.41) is 2.97. The van der Waals surface area contributed by atoms with Crippen LogP contribution in [-0.2, 0) is 9.53 Å². The molecular formula is C16H23NO2. The summed E-state index contributed by atoms with van der Waals surface area (Å²) in [5.74, 6) is 1.06. The van der Waals surface area contributed by atoms with E-state index >= 15 is 0 Å². The Hall–Kier alpha value is -1.35. The van der Waals surface area contributed by atoms with E-state index < -0.39 is 0 Å². The van der Waals surface area contributed by atoms with E-state index in [0.29, 0.717) is 19.1 Å². The van der Waals surface area contributed by atoms with Crippen molar-refractivity contribution in [3.05, 3.63) is 35.9 Å². The summed E-state index contributed by atoms with van der Waals surface area (Å²) in [7, 11) is 0. The van der Waals surface area contributed by atoms with Crippen LogP contribution in [0.15, 0.2) is 30.3 Å². The summed E-state index contributed by atoms with van der Waals surface area (Å²) in [4.78, 5) is 11.6. The average Bonchev–Trinajstić information content (AvgIpc) is 3.16. The molecule has 1 aliphatic carbocycles. The molecule has 1 aromatic rings. The van der Waals surface area contributed by atoms with Crippen LogP contribution < -0.4 is 5.32 Å². The second kappa shape index (κ2) is 6.71. The zero-order valence-corrected chi connectivity index (χ0v) is 11.8. The number of nitrogens with one attached hydrogen (secondary N) is 1. The number of benzene rings is 1. The van der Waals surface area contributed by atoms with Crippen molar-refractivity contribution < 1.29 is 9.53 Å². The van der Waals surface area contributed by atoms with Gasteiger partial charge in [-0.3, -0.25) is 4.79 Å². The average molecular weight is 261 g/mol. The monoisotopic (exact) mass is 261 g/mol. The van der Waals surface area contributed by atoms with Crippen LogP contribution in [-0.4, -0.2) is 19.1 Å². The van der Waals surface area contributed by atoms with Crippen LogP contribution in [0.1, 0.15) is 38.4 Å². The lowest BCUT2D eigenvalue weighted by molar-refractivity contribution is -0.122. The Morgan fingerprint density at radius 1 is 1.42 bits per heavy atom. The van der Waals surface area contributed by atoms with Gasteiger partial charge in [-0.05, 0) is 31.2 Å². The van der Waals surface area contributed by atoms with Gasteiger partial charge in [-0.25, -0.2) is 0 Å². The molecule has 1 aliphatic rings. The minimum Gasteiger partial charge on any atom is -0.374 e. The Balaban J connectivity index is 1.56. The smallest absolute Gasteiger partial charge is 0.223 e. The second-order valence-electron chi connectivity index (χ2n) is 5.39. The molecule has 0 saturated heterocycles. The summed E-state index contributed by atoms with van der Waals surface area (Å²) in [5.41, 5.74) is 1.19. The first-order chi connectivity index (χ1) is 9.18. The molecule has 1 fully saturated rings. The highest BCUT2D eigenvalue weighted by molar-refractivity contribution is 5.81. The van der Waals surface area contributed by atoms with Gasteiger partial charge in [-0.1, -0.05) is 37.3 Å². The molecule has 104 valence electrons. The van der Waals surface area contributed by atoms with Crippen LogP contribution >= 0.6 is 0 Å². The van der Waals surface area contributed by atoms with E-state index in [2.05, 4.69) is 31.3 Å². The molecule has 3 nitrogen and oxygen atoms in total. The van der Waals surface area contributed by atoms with Crippen LogP contribution in [0.5, 0.6) is 0 Å². The molecule has 1 aromatic carbocycles. The van der Waals surface area contributed by atoms with Crippen molar-refractivity contribution in [2.75, 3.05) is 13.2 Å². The SMILES string of the molecule is CC(OCCCNC(=O)C1CC1C)c1ccccc1. The Morgan fingerprint density at radius 3 is 2.74 bits per heavy atom. The van der Waals surface area contributed by atoms with Gasteiger partial charge in [0.25, 0.3) is 0 Å². The molecule has 0 aromatic heterocycles. The zero-order valence-electron chi connectivity index (χ0n) is 11.8. The van der Waals surface area contributed by atoms with Gasteiger partial charge in [0.05, 0.1) is 6.10 Å². The Morgan fingerprint density at radius 2 is 2.11 bits per heavy atom. The number of hydrogen-bond donors (Lipinski definition) is 1. The van der Waals surface area contributed by atoms with E-state index in [0.717, 1.165) is 12.8 Å². The van der Waals surface area contributed by atoms with Gasteiger partial charge in [-0.15, -0.1) is 0 Å². The first-order valence-electron chi connectivity index (χ1n) is 7.12. The molecular weight excluding hydrogens is 238 g/mol. The van der Waals surface area contributed by atoms with E-state index in [1.807, 2.05) is 18.2 Å². The molecule has 0 spiro atoms. The quantitative estimate of drug-likeness (QED) is 0.766. The van der Waals surface area contributed by atoms with Gasteiger partial charge in [-0.2, -0.15) is 0 Å². The highest BCUT2D eigenvalue weighted by atomic mass is 16.5. The number of rotatable bonds is 7. The standard InChI is InChI=1S/C16H23NO2/c1-12-11-15(12)16(18)17-9-6-10-19-13(2)14-7-4-3-5-8-14/h3-5,7-8,12-13,15H,6,9-11H2,1-2H3,(H,17,18). The Bertz CT molecular complexity index is 404. The third kappa shape index (κ3) is 4.35. The fourth-order valence-corrected chi connectivity index (χ4v) is 2.18. The molecule has 3 heteroatoms. The molecule has 3 atom stereocenters. The summed E-state index contributed by atoms with van der Waals surface area (Å²) in [6.07, 6.45) is 2.03. The van der Waals surface area contributed by atoms with Crippen LogP contribution in [0.25, 0.3) is 0 Å². The fourth-order valence-electron chi connectivity index (χ4n) is 2.18. The minimum atomic E-state index is 0.111. The molecule has 0 radical (unpaired) electrons. The largest absolute Gasteiger partial charge is 0.374 e. The van der Waals surface area contributed by atoms with Gasteiger partial charge in [0.1, 0.15) is 0 Å². The molecule has 2 rings (SSSR count). The Labute approximate surface area is 115 Å². The molecule has 3 unspecified atom stereocenters. The normalized spacial score (nSPS) is 22.8. The predicted molar refractivity (Wildman–Crippen MR) is 75.7 cm³/mol. The summed E-state index contributed by atoms with van der Waals surface area (Å²) in [6, 6.07) is 10.2. The first kappa shape index (κ1) is 14.1. The number of amides is 1. The van der Waals surface area contributed by atoms with Gasteiger partial charge >= 0.3 is 0 Å². The lowest BCUT2D eigenvalue weighted by Crippen LogP contribution is -2.27. The van der Waals surface area contributed by atoms with Gasteiger partial charge in [0.15, 0.2) is 0 Å². The third-order valence-corrected chi connectivity index (χ3v) is 3.70. The van der Waals surface area contributed by atoms with Crippen molar-refractivity contribution in [2.24, 2.45) is 11.8 Å². The van der Waals surface area contributed by atoms with Crippen LogP contribution in [0, 0.1) is 11.8 Å². The number of hydrogen-bond acceptors (Lipinski definition) is 2. The van der Waals surface area contributed by atoms with Crippen molar-refractivity contribution in [2.45, 2.75) is 32.8 Å². The zero-order chi connectivity index (χ0) is 13.7. The van der Waals surface area contributed by atoms with Crippen molar-refractivity contribution in [1.29, 1.82) is 0 Å². The highest BCUT2D eigenvalue weighted by Crippen LogP contribution is 2.37. The summed E-state index contributed by atoms with van der Waals surface area (Å²) >= 11 is 0. The lowest BCUT2D eigenvalue weighted by Gasteiger charge is -2.13. The fraction of sp³-hybridized carbons (Fsp3) is 0.562. The van der Waals surface area contributed by atoms with Crippen molar-refractivity contribution >= 4 is 5.91 Å². The minimum absolute atomic E-state index is 0.111. The maximum absolute atomic E-state index is 11.6. The Kier molecular flexibility index (Phi) is 4.97. The molecule has 19 heavy (non-hydrogen) atoms. The van der Waals surface area contributed by atoms with E-state index in [-0.39, 0.29) is 17.9 Å². The molecule has 0 bridgehead atoms. The van der Waals surface area contributed by atoms with E-state index in [9.17, 15) is 4.79 Å². The lowest BCUT2D eigenvalue weighted by atomic mass is 10.1. The van der Waals surface area contributed by atoms with Crippen LogP contribution in [0.4, 0.5) is 0 Å². The van der Waals surface area contributed by atoms with E-state index in [1.54, 1.807) is 0 Å². The highest BCUT2D eigenvalue weighted by Gasteiger charge is 2.38. The van der Waals surface area contributed by atoms with E-state index in [4.69, 9.17) is 4.74 Å². The molecule has 1 N–H and O–H groups in total. The van der Waals surface area contributed by atoms with Crippen LogP contribution in [0.3, 0.4) is 0 Å². The molecule has 1 saturated carbocycles. The molecule has 1 amide bonds. The van der Waals surface area contributed by atoms with Crippen molar-refractivity contribution in [1.82, 2.24) is 5.32 Å². The summed E-state index contributed by atoms with van der Waals surface area (Å²) < 4.78 is 5.76. The van der Waals surface area contributed by atoms with Crippen LogP contribution in [0.2, 0.25) is 0 Å². The van der Waals surface area contributed by atoms with Crippen molar-refractivity contribution in [3.63, 3.8) is 0 Å². The maximum Gasteiger partial charge on any atom is 0.223 e. The van der Waals surface area contributed by atoms with E-state index in [1.165, 1.54) is 5.56 Å². The third-order valence-electron chi connectivity index (χ3n) is 3.70. The van der Waals surface area contributed by atoms with Crippen molar-refractivity contribution in [3.8, 4) is 0 Å². The van der Waals surface area contributed by atoms with Gasteiger partial charge in [0, 0.05) is 19.1 Å². The molecule has 0 heterocycles. The topological polar surface area (TPSA) is 38.3 Å². The predicted octanol–water partition coefficient (Wildman–Crippen LogP) is 2.93. The molecule has 0 aliphatic heterocycles. The number of carbonyl (C=O) groups excluding carboxylic acids is 1. The second-order valence-corrected chi connectivity index (χ2v) is 5.39. The first-order valence-corrected chi connectivity index (χ1v) is 7.12. The summed E-state index contributed by atoms with van der Waals surface area (Å²) in [6.45, 7) is 5.56. The maximum atomic E-state index is 11.6. The van der Waals surface area contributed by atoms with Gasteiger partial charge < -0.3 is 10.1 Å². The number of carbonyl (C=O) groups is 1. The number of ether oxygens (including phenoxy) is 1.